The molecule has 5 nitrogen and oxygen atoms in total. The Morgan fingerprint density at radius 3 is 1.39 bits per heavy atom. The van der Waals surface area contributed by atoms with E-state index in [2.05, 4.69) is 96.0 Å². The number of rotatable bonds is 6. The summed E-state index contributed by atoms with van der Waals surface area (Å²) in [5, 5.41) is 2.17. The van der Waals surface area contributed by atoms with Gasteiger partial charge in [-0.3, -0.25) is 4.98 Å². The van der Waals surface area contributed by atoms with Crippen LogP contribution in [0.1, 0.15) is 0 Å². The average Bonchev–Trinajstić information content (AvgIpc) is 3.58. The van der Waals surface area contributed by atoms with Crippen molar-refractivity contribution in [2.75, 3.05) is 0 Å². The molecule has 5 heteroatoms. The highest BCUT2D eigenvalue weighted by Crippen LogP contribution is 2.40. The summed E-state index contributed by atoms with van der Waals surface area (Å²) in [4.78, 5) is 18.9. The lowest BCUT2D eigenvalue weighted by atomic mass is 9.97. The Morgan fingerprint density at radius 2 is 0.816 bits per heavy atom. The van der Waals surface area contributed by atoms with Gasteiger partial charge in [0.15, 0.2) is 17.5 Å². The molecule has 0 bridgehead atoms. The second kappa shape index (κ2) is 12.1. The van der Waals surface area contributed by atoms with Gasteiger partial charge in [-0.15, -0.1) is 0 Å². The fraction of sp³-hybridized carbons (Fsp3) is 0. The molecule has 0 aliphatic heterocycles. The predicted octanol–water partition coefficient (Wildman–Crippen LogP) is 11.2. The van der Waals surface area contributed by atoms with Crippen LogP contribution in [-0.2, 0) is 0 Å². The lowest BCUT2D eigenvalue weighted by molar-refractivity contribution is 0.671. The minimum absolute atomic E-state index is 0.624. The Hall–Kier alpha value is -6.72. The smallest absolute Gasteiger partial charge is 0.164 e. The maximum atomic E-state index is 6.77. The second-order valence-electron chi connectivity index (χ2n) is 11.9. The number of fused-ring (bicyclic) bond motifs is 3. The predicted molar refractivity (Wildman–Crippen MR) is 198 cm³/mol. The zero-order chi connectivity index (χ0) is 32.6. The molecule has 0 saturated carbocycles. The zero-order valence-corrected chi connectivity index (χ0v) is 26.4. The number of benzene rings is 6. The third kappa shape index (κ3) is 5.33. The highest BCUT2D eigenvalue weighted by atomic mass is 16.3. The van der Waals surface area contributed by atoms with E-state index in [1.165, 1.54) is 0 Å². The van der Waals surface area contributed by atoms with E-state index in [-0.39, 0.29) is 0 Å². The van der Waals surface area contributed by atoms with Crippen LogP contribution in [0, 0.1) is 0 Å². The Morgan fingerprint density at radius 1 is 0.347 bits per heavy atom. The van der Waals surface area contributed by atoms with Crippen LogP contribution < -0.4 is 0 Å². The van der Waals surface area contributed by atoms with Crippen molar-refractivity contribution in [3.05, 3.63) is 170 Å². The van der Waals surface area contributed by atoms with Crippen molar-refractivity contribution in [2.45, 2.75) is 0 Å². The van der Waals surface area contributed by atoms with Gasteiger partial charge in [-0.05, 0) is 28.8 Å². The van der Waals surface area contributed by atoms with Crippen molar-refractivity contribution in [2.24, 2.45) is 0 Å². The number of aromatic nitrogens is 4. The lowest BCUT2D eigenvalue weighted by Crippen LogP contribution is -2.00. The molecular weight excluding hydrogens is 601 g/mol. The van der Waals surface area contributed by atoms with Gasteiger partial charge in [-0.2, -0.15) is 0 Å². The van der Waals surface area contributed by atoms with E-state index in [1.54, 1.807) is 6.20 Å². The van der Waals surface area contributed by atoms with Crippen LogP contribution in [0.5, 0.6) is 0 Å². The summed E-state index contributed by atoms with van der Waals surface area (Å²) in [6, 6.07) is 53.7. The summed E-state index contributed by atoms with van der Waals surface area (Å²) in [5.41, 5.74) is 11.0. The third-order valence-corrected chi connectivity index (χ3v) is 8.85. The summed E-state index contributed by atoms with van der Waals surface area (Å²) >= 11 is 0. The molecule has 0 radical (unpaired) electrons. The number of pyridine rings is 1. The van der Waals surface area contributed by atoms with Gasteiger partial charge < -0.3 is 4.42 Å². The van der Waals surface area contributed by atoms with Crippen LogP contribution in [-0.4, -0.2) is 19.9 Å². The standard InChI is InChI=1S/C44H28N4O/c1-3-11-30(12-4-1)42-46-43(31-13-5-2-6-14-31)48-44(47-42)32-24-22-29(23-25-32)36-18-8-20-38-39-21-9-19-37(41(39)49-40(36)38)34-16-7-15-33(27-34)35-17-10-26-45-28-35/h1-28H. The van der Waals surface area contributed by atoms with Crippen molar-refractivity contribution in [3.8, 4) is 67.5 Å². The van der Waals surface area contributed by atoms with E-state index in [0.29, 0.717) is 17.5 Å². The van der Waals surface area contributed by atoms with Crippen LogP contribution in [0.2, 0.25) is 0 Å². The SMILES string of the molecule is c1ccc(-c2nc(-c3ccccc3)nc(-c3ccc(-c4cccc5c4oc4c(-c6cccc(-c7cccnc7)c6)cccc45)cc3)n2)cc1. The minimum Gasteiger partial charge on any atom is -0.455 e. The molecule has 0 unspecified atom stereocenters. The van der Waals surface area contributed by atoms with E-state index >= 15 is 0 Å². The molecule has 0 aliphatic carbocycles. The number of para-hydroxylation sites is 2. The molecule has 49 heavy (non-hydrogen) atoms. The summed E-state index contributed by atoms with van der Waals surface area (Å²) in [6.07, 6.45) is 3.69. The molecule has 230 valence electrons. The number of furan rings is 1. The molecule has 0 fully saturated rings. The maximum Gasteiger partial charge on any atom is 0.164 e. The van der Waals surface area contributed by atoms with Gasteiger partial charge in [0.25, 0.3) is 0 Å². The Balaban J connectivity index is 1.12. The first kappa shape index (κ1) is 28.5. The zero-order valence-electron chi connectivity index (χ0n) is 26.4. The van der Waals surface area contributed by atoms with Crippen molar-refractivity contribution in [3.63, 3.8) is 0 Å². The normalized spacial score (nSPS) is 11.3. The van der Waals surface area contributed by atoms with Crippen LogP contribution in [0.25, 0.3) is 89.5 Å². The maximum absolute atomic E-state index is 6.77. The fourth-order valence-corrected chi connectivity index (χ4v) is 6.41. The first-order valence-electron chi connectivity index (χ1n) is 16.2. The van der Waals surface area contributed by atoms with E-state index in [0.717, 1.165) is 72.0 Å². The van der Waals surface area contributed by atoms with Gasteiger partial charge in [0.05, 0.1) is 0 Å². The molecular formula is C44H28N4O. The third-order valence-electron chi connectivity index (χ3n) is 8.85. The fourth-order valence-electron chi connectivity index (χ4n) is 6.41. The topological polar surface area (TPSA) is 64.7 Å². The van der Waals surface area contributed by atoms with E-state index < -0.39 is 0 Å². The van der Waals surface area contributed by atoms with Crippen LogP contribution >= 0.6 is 0 Å². The molecule has 0 spiro atoms. The molecule has 3 heterocycles. The number of hydrogen-bond acceptors (Lipinski definition) is 5. The van der Waals surface area contributed by atoms with Crippen molar-refractivity contribution in [1.82, 2.24) is 19.9 Å². The molecule has 3 aromatic heterocycles. The van der Waals surface area contributed by atoms with Gasteiger partial charge in [0, 0.05) is 56.5 Å². The quantitative estimate of drug-likeness (QED) is 0.183. The molecule has 0 aliphatic rings. The minimum atomic E-state index is 0.624. The van der Waals surface area contributed by atoms with Gasteiger partial charge in [-0.1, -0.05) is 146 Å². The monoisotopic (exact) mass is 628 g/mol. The molecule has 0 atom stereocenters. The van der Waals surface area contributed by atoms with Gasteiger partial charge in [0.2, 0.25) is 0 Å². The van der Waals surface area contributed by atoms with Crippen LogP contribution in [0.4, 0.5) is 0 Å². The summed E-state index contributed by atoms with van der Waals surface area (Å²) in [7, 11) is 0. The van der Waals surface area contributed by atoms with Crippen molar-refractivity contribution >= 4 is 21.9 Å². The van der Waals surface area contributed by atoms with Gasteiger partial charge >= 0.3 is 0 Å². The lowest BCUT2D eigenvalue weighted by Gasteiger charge is -2.09. The summed E-state index contributed by atoms with van der Waals surface area (Å²) < 4.78 is 6.77. The van der Waals surface area contributed by atoms with Crippen molar-refractivity contribution < 1.29 is 4.42 Å². The number of hydrogen-bond donors (Lipinski definition) is 0. The Kier molecular flexibility index (Phi) is 7.06. The van der Waals surface area contributed by atoms with Gasteiger partial charge in [0.1, 0.15) is 11.2 Å². The Labute approximate surface area is 283 Å². The highest BCUT2D eigenvalue weighted by molar-refractivity contribution is 6.13. The van der Waals surface area contributed by atoms with Crippen LogP contribution in [0.3, 0.4) is 0 Å². The van der Waals surface area contributed by atoms with E-state index in [1.807, 2.05) is 72.9 Å². The molecule has 9 rings (SSSR count). The number of nitrogens with zero attached hydrogens (tertiary/aromatic N) is 4. The summed E-state index contributed by atoms with van der Waals surface area (Å²) in [5.74, 6) is 1.91. The Bertz CT molecular complexity index is 2520. The largest absolute Gasteiger partial charge is 0.455 e. The molecule has 0 N–H and O–H groups in total. The molecule has 0 saturated heterocycles. The van der Waals surface area contributed by atoms with Crippen molar-refractivity contribution in [1.29, 1.82) is 0 Å². The molecule has 0 amide bonds. The van der Waals surface area contributed by atoms with Gasteiger partial charge in [-0.25, -0.2) is 15.0 Å². The van der Waals surface area contributed by atoms with E-state index in [9.17, 15) is 0 Å². The molecule has 9 aromatic rings. The summed E-state index contributed by atoms with van der Waals surface area (Å²) in [6.45, 7) is 0. The highest BCUT2D eigenvalue weighted by Gasteiger charge is 2.17. The first-order chi connectivity index (χ1) is 24.3. The average molecular weight is 629 g/mol. The first-order valence-corrected chi connectivity index (χ1v) is 16.2. The molecule has 6 aromatic carbocycles. The van der Waals surface area contributed by atoms with Crippen LogP contribution in [0.15, 0.2) is 175 Å². The second-order valence-corrected chi connectivity index (χ2v) is 11.9. The van der Waals surface area contributed by atoms with E-state index in [4.69, 9.17) is 19.4 Å².